The minimum atomic E-state index is 0.366. The lowest BCUT2D eigenvalue weighted by molar-refractivity contribution is 0.981. The first-order valence-corrected chi connectivity index (χ1v) is 4.50. The SMILES string of the molecule is N#CCC=NCc1ccccc1CN. The van der Waals surface area contributed by atoms with E-state index in [1.165, 1.54) is 0 Å². The molecule has 0 atom stereocenters. The van der Waals surface area contributed by atoms with Gasteiger partial charge in [0.15, 0.2) is 0 Å². The van der Waals surface area contributed by atoms with E-state index in [0.717, 1.165) is 11.1 Å². The molecule has 2 N–H and O–H groups in total. The summed E-state index contributed by atoms with van der Waals surface area (Å²) in [6.45, 7) is 1.14. The minimum Gasteiger partial charge on any atom is -0.326 e. The fraction of sp³-hybridized carbons (Fsp3) is 0.273. The molecule has 14 heavy (non-hydrogen) atoms. The van der Waals surface area contributed by atoms with Crippen LogP contribution in [0.1, 0.15) is 17.5 Å². The van der Waals surface area contributed by atoms with Crippen LogP contribution in [0, 0.1) is 11.3 Å². The molecule has 0 fully saturated rings. The van der Waals surface area contributed by atoms with E-state index in [1.54, 1.807) is 6.21 Å². The van der Waals surface area contributed by atoms with Crippen molar-refractivity contribution in [3.8, 4) is 6.07 Å². The van der Waals surface area contributed by atoms with Crippen LogP contribution >= 0.6 is 0 Å². The molecule has 0 heterocycles. The zero-order valence-electron chi connectivity index (χ0n) is 7.98. The van der Waals surface area contributed by atoms with Gasteiger partial charge in [-0.2, -0.15) is 5.26 Å². The second-order valence-electron chi connectivity index (χ2n) is 2.86. The van der Waals surface area contributed by atoms with Crippen LogP contribution in [0.3, 0.4) is 0 Å². The van der Waals surface area contributed by atoms with Crippen molar-refractivity contribution in [1.82, 2.24) is 0 Å². The van der Waals surface area contributed by atoms with Crippen LogP contribution < -0.4 is 5.73 Å². The molecule has 0 amide bonds. The summed E-state index contributed by atoms with van der Waals surface area (Å²) >= 11 is 0. The van der Waals surface area contributed by atoms with E-state index in [-0.39, 0.29) is 0 Å². The summed E-state index contributed by atoms with van der Waals surface area (Å²) in [6, 6.07) is 9.94. The Bertz CT molecular complexity index is 350. The fourth-order valence-electron chi connectivity index (χ4n) is 1.18. The number of nitrogens with zero attached hydrogens (tertiary/aromatic N) is 2. The normalized spacial score (nSPS) is 10.3. The van der Waals surface area contributed by atoms with E-state index in [2.05, 4.69) is 4.99 Å². The zero-order chi connectivity index (χ0) is 10.2. The summed E-state index contributed by atoms with van der Waals surface area (Å²) in [7, 11) is 0. The van der Waals surface area contributed by atoms with Gasteiger partial charge in [0.1, 0.15) is 0 Å². The van der Waals surface area contributed by atoms with Crippen LogP contribution in [0.15, 0.2) is 29.3 Å². The second kappa shape index (κ2) is 5.90. The van der Waals surface area contributed by atoms with Crippen LogP contribution in [0.25, 0.3) is 0 Å². The number of nitriles is 1. The lowest BCUT2D eigenvalue weighted by Gasteiger charge is -2.03. The van der Waals surface area contributed by atoms with Gasteiger partial charge in [-0.25, -0.2) is 0 Å². The molecular formula is C11H13N3. The molecule has 1 aromatic carbocycles. The lowest BCUT2D eigenvalue weighted by atomic mass is 10.1. The van der Waals surface area contributed by atoms with Gasteiger partial charge in [0.05, 0.1) is 19.0 Å². The molecule has 0 saturated carbocycles. The van der Waals surface area contributed by atoms with Gasteiger partial charge >= 0.3 is 0 Å². The standard InChI is InChI=1S/C11H13N3/c12-6-3-7-14-9-11-5-2-1-4-10(11)8-13/h1-2,4-5,7H,3,8-9,13H2. The van der Waals surface area contributed by atoms with Crippen LogP contribution in [0.5, 0.6) is 0 Å². The maximum absolute atomic E-state index is 8.30. The van der Waals surface area contributed by atoms with E-state index in [4.69, 9.17) is 11.0 Å². The van der Waals surface area contributed by atoms with E-state index in [0.29, 0.717) is 19.5 Å². The molecule has 0 spiro atoms. The topological polar surface area (TPSA) is 62.2 Å². The molecule has 3 nitrogen and oxygen atoms in total. The predicted octanol–water partition coefficient (Wildman–Crippen LogP) is 1.63. The van der Waals surface area contributed by atoms with Crippen molar-refractivity contribution in [2.75, 3.05) is 0 Å². The van der Waals surface area contributed by atoms with Crippen molar-refractivity contribution in [2.45, 2.75) is 19.5 Å². The molecule has 0 aromatic heterocycles. The number of rotatable bonds is 4. The smallest absolute Gasteiger partial charge is 0.0700 e. The van der Waals surface area contributed by atoms with Crippen molar-refractivity contribution in [2.24, 2.45) is 10.7 Å². The maximum Gasteiger partial charge on any atom is 0.0700 e. The fourth-order valence-corrected chi connectivity index (χ4v) is 1.18. The Morgan fingerprint density at radius 2 is 2.07 bits per heavy atom. The summed E-state index contributed by atoms with van der Waals surface area (Å²) in [5, 5.41) is 8.30. The molecule has 1 aromatic rings. The Balaban J connectivity index is 2.62. The van der Waals surface area contributed by atoms with Gasteiger partial charge in [0.2, 0.25) is 0 Å². The third-order valence-corrected chi connectivity index (χ3v) is 1.91. The van der Waals surface area contributed by atoms with Crippen molar-refractivity contribution in [1.29, 1.82) is 5.26 Å². The van der Waals surface area contributed by atoms with E-state index in [1.807, 2.05) is 30.3 Å². The first kappa shape index (κ1) is 10.4. The highest BCUT2D eigenvalue weighted by Crippen LogP contribution is 2.08. The molecule has 0 aliphatic carbocycles. The van der Waals surface area contributed by atoms with Crippen LogP contribution in [-0.4, -0.2) is 6.21 Å². The van der Waals surface area contributed by atoms with E-state index >= 15 is 0 Å². The van der Waals surface area contributed by atoms with Gasteiger partial charge in [-0.15, -0.1) is 0 Å². The molecule has 1 rings (SSSR count). The van der Waals surface area contributed by atoms with E-state index in [9.17, 15) is 0 Å². The number of aliphatic imine (C=N–C) groups is 1. The predicted molar refractivity (Wildman–Crippen MR) is 56.8 cm³/mol. The van der Waals surface area contributed by atoms with Gasteiger partial charge in [0.25, 0.3) is 0 Å². The monoisotopic (exact) mass is 187 g/mol. The Labute approximate surface area is 83.9 Å². The van der Waals surface area contributed by atoms with Gasteiger partial charge in [-0.05, 0) is 11.1 Å². The lowest BCUT2D eigenvalue weighted by Crippen LogP contribution is -2.00. The summed E-state index contributed by atoms with van der Waals surface area (Å²) in [5.74, 6) is 0. The molecule has 0 saturated heterocycles. The summed E-state index contributed by atoms with van der Waals surface area (Å²) < 4.78 is 0. The average molecular weight is 187 g/mol. The molecular weight excluding hydrogens is 174 g/mol. The molecule has 0 bridgehead atoms. The number of nitrogens with two attached hydrogens (primary N) is 1. The average Bonchev–Trinajstić information content (AvgIpc) is 2.25. The Morgan fingerprint density at radius 3 is 2.71 bits per heavy atom. The zero-order valence-corrected chi connectivity index (χ0v) is 7.98. The van der Waals surface area contributed by atoms with Gasteiger partial charge in [-0.3, -0.25) is 4.99 Å². The van der Waals surface area contributed by atoms with Gasteiger partial charge in [0, 0.05) is 12.8 Å². The van der Waals surface area contributed by atoms with Gasteiger partial charge in [-0.1, -0.05) is 24.3 Å². The largest absolute Gasteiger partial charge is 0.326 e. The first-order chi connectivity index (χ1) is 6.88. The van der Waals surface area contributed by atoms with E-state index < -0.39 is 0 Å². The maximum atomic E-state index is 8.30. The van der Waals surface area contributed by atoms with Crippen LogP contribution in [0.2, 0.25) is 0 Å². The van der Waals surface area contributed by atoms with Crippen molar-refractivity contribution in [3.05, 3.63) is 35.4 Å². The molecule has 0 unspecified atom stereocenters. The van der Waals surface area contributed by atoms with Crippen molar-refractivity contribution < 1.29 is 0 Å². The van der Waals surface area contributed by atoms with Crippen LogP contribution in [-0.2, 0) is 13.1 Å². The Kier molecular flexibility index (Phi) is 4.39. The van der Waals surface area contributed by atoms with Gasteiger partial charge < -0.3 is 5.73 Å². The second-order valence-corrected chi connectivity index (χ2v) is 2.86. The number of hydrogen-bond acceptors (Lipinski definition) is 3. The number of benzene rings is 1. The summed E-state index contributed by atoms with van der Waals surface area (Å²) in [4.78, 5) is 4.14. The molecule has 0 aliphatic heterocycles. The Hall–Kier alpha value is -1.66. The highest BCUT2D eigenvalue weighted by molar-refractivity contribution is 5.60. The molecule has 3 heteroatoms. The minimum absolute atomic E-state index is 0.366. The molecule has 0 radical (unpaired) electrons. The molecule has 72 valence electrons. The highest BCUT2D eigenvalue weighted by Gasteiger charge is 1.96. The van der Waals surface area contributed by atoms with Crippen molar-refractivity contribution >= 4 is 6.21 Å². The van der Waals surface area contributed by atoms with Crippen LogP contribution in [0.4, 0.5) is 0 Å². The first-order valence-electron chi connectivity index (χ1n) is 4.50. The third kappa shape index (κ3) is 3.00. The highest BCUT2D eigenvalue weighted by atomic mass is 14.7. The quantitative estimate of drug-likeness (QED) is 0.728. The Morgan fingerprint density at radius 1 is 1.36 bits per heavy atom. The third-order valence-electron chi connectivity index (χ3n) is 1.91. The summed E-state index contributed by atoms with van der Waals surface area (Å²) in [5.41, 5.74) is 7.82. The molecule has 0 aliphatic rings. The number of hydrogen-bond donors (Lipinski definition) is 1. The van der Waals surface area contributed by atoms with Crippen molar-refractivity contribution in [3.63, 3.8) is 0 Å². The summed E-state index contributed by atoms with van der Waals surface area (Å²) in [6.07, 6.45) is 2.00.